The Balaban J connectivity index is 1.68. The Morgan fingerprint density at radius 1 is 1.27 bits per heavy atom. The molecule has 3 rings (SSSR count). The summed E-state index contributed by atoms with van der Waals surface area (Å²) < 4.78 is 0. The first-order valence-electron chi connectivity index (χ1n) is 7.36. The summed E-state index contributed by atoms with van der Waals surface area (Å²) in [7, 11) is 0. The average molecular weight is 296 g/mol. The van der Waals surface area contributed by atoms with Gasteiger partial charge in [-0.05, 0) is 31.2 Å². The molecule has 1 saturated heterocycles. The smallest absolute Gasteiger partial charge is 0.128 e. The highest BCUT2D eigenvalue weighted by Gasteiger charge is 2.13. The minimum Gasteiger partial charge on any atom is -0.359 e. The van der Waals surface area contributed by atoms with Crippen LogP contribution in [-0.4, -0.2) is 28.3 Å². The Bertz CT molecular complexity index is 652. The highest BCUT2D eigenvalue weighted by atomic mass is 15.2. The third-order valence-electron chi connectivity index (χ3n) is 3.67. The van der Waals surface area contributed by atoms with Crippen molar-refractivity contribution in [3.63, 3.8) is 0 Å². The van der Waals surface area contributed by atoms with Crippen LogP contribution in [0.2, 0.25) is 0 Å². The molecular weight excluding hydrogens is 276 g/mol. The molecule has 0 bridgehead atoms. The fraction of sp³-hybridized carbons (Fsp3) is 0.250. The van der Waals surface area contributed by atoms with Crippen LogP contribution in [0.1, 0.15) is 18.5 Å². The molecule has 0 aromatic carbocycles. The maximum absolute atomic E-state index is 4.52. The monoisotopic (exact) mass is 296 g/mol. The molecule has 1 fully saturated rings. The highest BCUT2D eigenvalue weighted by molar-refractivity contribution is 5.79. The van der Waals surface area contributed by atoms with Gasteiger partial charge in [0.05, 0.1) is 29.5 Å². The molecule has 1 aliphatic rings. The molecule has 0 aliphatic carbocycles. The van der Waals surface area contributed by atoms with E-state index in [1.54, 1.807) is 12.4 Å². The molecule has 0 amide bonds. The molecule has 0 saturated carbocycles. The maximum Gasteiger partial charge on any atom is 0.128 e. The normalized spacial score (nSPS) is 13.9. The van der Waals surface area contributed by atoms with Gasteiger partial charge in [0.15, 0.2) is 0 Å². The number of nitrogens with one attached hydrogen (secondary N) is 3. The fourth-order valence-electron chi connectivity index (χ4n) is 2.57. The second kappa shape index (κ2) is 6.34. The van der Waals surface area contributed by atoms with Crippen LogP contribution in [-0.2, 0) is 0 Å². The van der Waals surface area contributed by atoms with Crippen molar-refractivity contribution < 1.29 is 0 Å². The van der Waals surface area contributed by atoms with E-state index in [9.17, 15) is 0 Å². The molecule has 0 radical (unpaired) electrons. The number of hydrogen-bond donors (Lipinski definition) is 3. The zero-order valence-corrected chi connectivity index (χ0v) is 12.5. The van der Waals surface area contributed by atoms with E-state index in [0.29, 0.717) is 0 Å². The maximum atomic E-state index is 4.52. The van der Waals surface area contributed by atoms with Crippen LogP contribution >= 0.6 is 0 Å². The lowest BCUT2D eigenvalue weighted by Gasteiger charge is -2.16. The van der Waals surface area contributed by atoms with Gasteiger partial charge in [0.1, 0.15) is 11.5 Å². The van der Waals surface area contributed by atoms with E-state index < -0.39 is 0 Å². The topological polar surface area (TPSA) is 68.9 Å². The van der Waals surface area contributed by atoms with Gasteiger partial charge in [-0.25, -0.2) is 4.98 Å². The van der Waals surface area contributed by atoms with E-state index in [-0.39, 0.29) is 0 Å². The highest BCUT2D eigenvalue weighted by Crippen LogP contribution is 2.23. The Labute approximate surface area is 129 Å². The number of H-pyrrole nitrogens is 1. The van der Waals surface area contributed by atoms with Crippen LogP contribution in [0.3, 0.4) is 0 Å². The Morgan fingerprint density at radius 2 is 2.09 bits per heavy atom. The van der Waals surface area contributed by atoms with E-state index in [4.69, 9.17) is 0 Å². The molecule has 0 spiro atoms. The van der Waals surface area contributed by atoms with Gasteiger partial charge in [-0.2, -0.15) is 5.10 Å². The van der Waals surface area contributed by atoms with Gasteiger partial charge in [-0.1, -0.05) is 13.2 Å². The molecule has 6 heteroatoms. The zero-order chi connectivity index (χ0) is 15.4. The first-order valence-corrected chi connectivity index (χ1v) is 7.36. The van der Waals surface area contributed by atoms with Crippen LogP contribution in [0.4, 0.5) is 17.2 Å². The van der Waals surface area contributed by atoms with Gasteiger partial charge in [0, 0.05) is 13.1 Å². The molecule has 0 atom stereocenters. The molecule has 3 heterocycles. The number of anilines is 3. The number of aromatic amines is 1. The van der Waals surface area contributed by atoms with E-state index in [2.05, 4.69) is 43.9 Å². The third kappa shape index (κ3) is 2.95. The van der Waals surface area contributed by atoms with Gasteiger partial charge < -0.3 is 15.5 Å². The third-order valence-corrected chi connectivity index (χ3v) is 3.67. The predicted octanol–water partition coefficient (Wildman–Crippen LogP) is 3.04. The number of rotatable bonds is 6. The standard InChI is InChI=1S/C16H20N6/c1-3-17-14-11-19-21-16(14)12(2)20-13-6-7-15(18-10-13)22-8-4-5-9-22/h3,6-7,10-11,17,20H,1-2,4-5,8-9H2,(H,19,21). The lowest BCUT2D eigenvalue weighted by atomic mass is 10.3. The van der Waals surface area contributed by atoms with Gasteiger partial charge in [-0.15, -0.1) is 0 Å². The molecule has 114 valence electrons. The average Bonchev–Trinajstić information content (AvgIpc) is 3.19. The Morgan fingerprint density at radius 3 is 2.77 bits per heavy atom. The van der Waals surface area contributed by atoms with Crippen molar-refractivity contribution >= 4 is 22.9 Å². The van der Waals surface area contributed by atoms with Crippen LogP contribution in [0.15, 0.2) is 43.9 Å². The summed E-state index contributed by atoms with van der Waals surface area (Å²) in [6.07, 6.45) is 7.62. The molecule has 6 nitrogen and oxygen atoms in total. The minimum absolute atomic E-state index is 0.720. The van der Waals surface area contributed by atoms with Crippen molar-refractivity contribution in [1.82, 2.24) is 15.2 Å². The SMILES string of the molecule is C=CNc1cn[nH]c1C(=C)Nc1ccc(N2CCCC2)nc1. The minimum atomic E-state index is 0.720. The summed E-state index contributed by atoms with van der Waals surface area (Å²) in [6, 6.07) is 4.06. The number of aromatic nitrogens is 3. The molecule has 3 N–H and O–H groups in total. The van der Waals surface area contributed by atoms with Crippen molar-refractivity contribution in [2.75, 3.05) is 28.6 Å². The largest absolute Gasteiger partial charge is 0.359 e. The Hall–Kier alpha value is -2.76. The number of nitrogens with zero attached hydrogens (tertiary/aromatic N) is 3. The predicted molar refractivity (Wildman–Crippen MR) is 90.7 cm³/mol. The summed E-state index contributed by atoms with van der Waals surface area (Å²) in [5, 5.41) is 13.2. The number of pyridine rings is 1. The fourth-order valence-corrected chi connectivity index (χ4v) is 2.57. The summed E-state index contributed by atoms with van der Waals surface area (Å²) in [6.45, 7) is 9.88. The van der Waals surface area contributed by atoms with Gasteiger partial charge in [0.25, 0.3) is 0 Å². The van der Waals surface area contributed by atoms with Gasteiger partial charge in [-0.3, -0.25) is 5.10 Å². The molecule has 2 aromatic heterocycles. The first kappa shape index (κ1) is 14.2. The molecule has 22 heavy (non-hydrogen) atoms. The summed E-state index contributed by atoms with van der Waals surface area (Å²) in [5.74, 6) is 1.03. The van der Waals surface area contributed by atoms with Crippen LogP contribution < -0.4 is 15.5 Å². The van der Waals surface area contributed by atoms with Gasteiger partial charge >= 0.3 is 0 Å². The zero-order valence-electron chi connectivity index (χ0n) is 12.5. The van der Waals surface area contributed by atoms with Crippen LogP contribution in [0.5, 0.6) is 0 Å². The van der Waals surface area contributed by atoms with E-state index in [0.717, 1.165) is 41.7 Å². The van der Waals surface area contributed by atoms with E-state index in [1.165, 1.54) is 12.8 Å². The molecule has 0 unspecified atom stereocenters. The van der Waals surface area contributed by atoms with Crippen molar-refractivity contribution in [2.24, 2.45) is 0 Å². The summed E-state index contributed by atoms with van der Waals surface area (Å²) in [5.41, 5.74) is 3.24. The molecule has 2 aromatic rings. The summed E-state index contributed by atoms with van der Waals surface area (Å²) in [4.78, 5) is 6.82. The number of hydrogen-bond acceptors (Lipinski definition) is 5. The summed E-state index contributed by atoms with van der Waals surface area (Å²) >= 11 is 0. The van der Waals surface area contributed by atoms with Gasteiger partial charge in [0.2, 0.25) is 0 Å². The second-order valence-electron chi connectivity index (χ2n) is 5.21. The van der Waals surface area contributed by atoms with E-state index >= 15 is 0 Å². The van der Waals surface area contributed by atoms with Crippen LogP contribution in [0, 0.1) is 0 Å². The van der Waals surface area contributed by atoms with Crippen LogP contribution in [0.25, 0.3) is 5.70 Å². The van der Waals surface area contributed by atoms with Crippen molar-refractivity contribution in [3.05, 3.63) is 49.6 Å². The molecular formula is C16H20N6. The van der Waals surface area contributed by atoms with Crippen molar-refractivity contribution in [3.8, 4) is 0 Å². The second-order valence-corrected chi connectivity index (χ2v) is 5.21. The molecule has 1 aliphatic heterocycles. The van der Waals surface area contributed by atoms with Crippen molar-refractivity contribution in [2.45, 2.75) is 12.8 Å². The quantitative estimate of drug-likeness (QED) is 0.764. The van der Waals surface area contributed by atoms with Crippen molar-refractivity contribution in [1.29, 1.82) is 0 Å². The Kier molecular flexibility index (Phi) is 4.09. The first-order chi connectivity index (χ1) is 10.8. The lowest BCUT2D eigenvalue weighted by Crippen LogP contribution is -2.18. The lowest BCUT2D eigenvalue weighted by molar-refractivity contribution is 0.938. The van der Waals surface area contributed by atoms with E-state index in [1.807, 2.05) is 18.3 Å².